The molecule has 94 valence electrons. The fourth-order valence-corrected chi connectivity index (χ4v) is 1.85. The molecule has 7 heteroatoms. The Balaban J connectivity index is 2.04. The molecule has 0 aliphatic rings. The number of thioether (sulfide) groups is 1. The summed E-state index contributed by atoms with van der Waals surface area (Å²) in [7, 11) is 0. The predicted octanol–water partition coefficient (Wildman–Crippen LogP) is 2.19. The molecule has 0 saturated carbocycles. The second-order valence-corrected chi connectivity index (χ2v) is 4.39. The van der Waals surface area contributed by atoms with Crippen molar-refractivity contribution in [1.82, 2.24) is 10.1 Å². The Bertz CT molecular complexity index is 559. The van der Waals surface area contributed by atoms with Gasteiger partial charge >= 0.3 is 5.97 Å². The van der Waals surface area contributed by atoms with E-state index in [4.69, 9.17) is 9.63 Å². The van der Waals surface area contributed by atoms with Crippen molar-refractivity contribution in [1.29, 1.82) is 0 Å². The van der Waals surface area contributed by atoms with Crippen LogP contribution in [-0.4, -0.2) is 27.0 Å². The van der Waals surface area contributed by atoms with Crippen molar-refractivity contribution in [2.75, 3.05) is 5.75 Å². The van der Waals surface area contributed by atoms with Gasteiger partial charge in [0.05, 0.1) is 11.5 Å². The Morgan fingerprint density at radius 3 is 3.06 bits per heavy atom. The summed E-state index contributed by atoms with van der Waals surface area (Å²) in [4.78, 5) is 14.4. The van der Waals surface area contributed by atoms with Crippen LogP contribution >= 0.6 is 11.8 Å². The normalized spacial score (nSPS) is 10.5. The van der Waals surface area contributed by atoms with Gasteiger partial charge in [0.25, 0.3) is 0 Å². The van der Waals surface area contributed by atoms with Crippen molar-refractivity contribution >= 4 is 17.7 Å². The molecule has 1 aromatic carbocycles. The zero-order chi connectivity index (χ0) is 13.0. The maximum absolute atomic E-state index is 13.0. The number of benzene rings is 1. The van der Waals surface area contributed by atoms with Crippen molar-refractivity contribution < 1.29 is 18.8 Å². The molecule has 2 rings (SSSR count). The fraction of sp³-hybridized carbons (Fsp3) is 0.182. The van der Waals surface area contributed by atoms with Crippen molar-refractivity contribution in [3.05, 3.63) is 36.0 Å². The van der Waals surface area contributed by atoms with Gasteiger partial charge in [0.15, 0.2) is 0 Å². The molecule has 1 heterocycles. The lowest BCUT2D eigenvalue weighted by Gasteiger charge is -1.93. The number of nitrogens with zero attached hydrogens (tertiary/aromatic N) is 2. The van der Waals surface area contributed by atoms with E-state index in [0.29, 0.717) is 23.0 Å². The minimum Gasteiger partial charge on any atom is -0.481 e. The summed E-state index contributed by atoms with van der Waals surface area (Å²) < 4.78 is 17.9. The zero-order valence-electron chi connectivity index (χ0n) is 9.17. The Labute approximate surface area is 106 Å². The van der Waals surface area contributed by atoms with Crippen LogP contribution in [0.15, 0.2) is 28.8 Å². The summed E-state index contributed by atoms with van der Waals surface area (Å²) in [6, 6.07) is 5.86. The van der Waals surface area contributed by atoms with Gasteiger partial charge in [-0.05, 0) is 12.1 Å². The highest BCUT2D eigenvalue weighted by molar-refractivity contribution is 7.99. The van der Waals surface area contributed by atoms with E-state index >= 15 is 0 Å². The average Bonchev–Trinajstić information content (AvgIpc) is 2.77. The molecular weight excluding hydrogens is 259 g/mol. The predicted molar refractivity (Wildman–Crippen MR) is 63.5 cm³/mol. The first-order chi connectivity index (χ1) is 8.65. The van der Waals surface area contributed by atoms with Gasteiger partial charge in [0, 0.05) is 5.56 Å². The lowest BCUT2D eigenvalue weighted by Crippen LogP contribution is -1.98. The summed E-state index contributed by atoms with van der Waals surface area (Å²) in [6.45, 7) is 0. The largest absolute Gasteiger partial charge is 0.481 e. The molecule has 2 aromatic rings. The second-order valence-electron chi connectivity index (χ2n) is 3.41. The Kier molecular flexibility index (Phi) is 3.93. The first kappa shape index (κ1) is 12.6. The monoisotopic (exact) mass is 268 g/mol. The third kappa shape index (κ3) is 3.30. The standard InChI is InChI=1S/C11H9FN2O3S/c12-8-3-1-2-7(4-8)11-13-9(17-14-11)5-18-6-10(15)16/h1-4H,5-6H2,(H,15,16). The van der Waals surface area contributed by atoms with E-state index in [-0.39, 0.29) is 11.6 Å². The number of carboxylic acid groups (broad SMARTS) is 1. The number of hydrogen-bond donors (Lipinski definition) is 1. The zero-order valence-corrected chi connectivity index (χ0v) is 9.98. The molecule has 1 aromatic heterocycles. The van der Waals surface area contributed by atoms with Crippen LogP contribution in [0.2, 0.25) is 0 Å². The van der Waals surface area contributed by atoms with Crippen LogP contribution in [0.5, 0.6) is 0 Å². The molecule has 0 aliphatic heterocycles. The van der Waals surface area contributed by atoms with Crippen LogP contribution in [0.1, 0.15) is 5.89 Å². The quantitative estimate of drug-likeness (QED) is 0.895. The highest BCUT2D eigenvalue weighted by Gasteiger charge is 2.09. The molecular formula is C11H9FN2O3S. The van der Waals surface area contributed by atoms with Crippen LogP contribution in [-0.2, 0) is 10.5 Å². The number of aliphatic carboxylic acids is 1. The molecule has 5 nitrogen and oxygen atoms in total. The van der Waals surface area contributed by atoms with Gasteiger partial charge in [0.2, 0.25) is 11.7 Å². The topological polar surface area (TPSA) is 76.2 Å². The molecule has 1 N–H and O–H groups in total. The molecule has 0 saturated heterocycles. The van der Waals surface area contributed by atoms with Crippen LogP contribution < -0.4 is 0 Å². The van der Waals surface area contributed by atoms with E-state index in [0.717, 1.165) is 11.8 Å². The summed E-state index contributed by atoms with van der Waals surface area (Å²) in [5.74, 6) is -0.378. The number of aromatic nitrogens is 2. The summed E-state index contributed by atoms with van der Waals surface area (Å²) in [6.07, 6.45) is 0. The van der Waals surface area contributed by atoms with E-state index in [2.05, 4.69) is 10.1 Å². The van der Waals surface area contributed by atoms with Crippen LogP contribution in [0.4, 0.5) is 4.39 Å². The first-order valence-electron chi connectivity index (χ1n) is 5.03. The van der Waals surface area contributed by atoms with E-state index in [1.165, 1.54) is 12.1 Å². The minimum absolute atomic E-state index is 0.0301. The third-order valence-electron chi connectivity index (χ3n) is 2.00. The SMILES string of the molecule is O=C(O)CSCc1nc(-c2cccc(F)c2)no1. The number of carbonyl (C=O) groups is 1. The molecule has 0 unspecified atom stereocenters. The summed E-state index contributed by atoms with van der Waals surface area (Å²) in [5.41, 5.74) is 0.522. The Morgan fingerprint density at radius 2 is 2.33 bits per heavy atom. The Hall–Kier alpha value is -1.89. The number of hydrogen-bond acceptors (Lipinski definition) is 5. The lowest BCUT2D eigenvalue weighted by atomic mass is 10.2. The third-order valence-corrected chi connectivity index (χ3v) is 2.90. The van der Waals surface area contributed by atoms with Gasteiger partial charge in [-0.25, -0.2) is 4.39 Å². The van der Waals surface area contributed by atoms with Gasteiger partial charge in [-0.15, -0.1) is 11.8 Å². The van der Waals surface area contributed by atoms with Gasteiger partial charge in [0.1, 0.15) is 5.82 Å². The molecule has 0 aliphatic carbocycles. The summed E-state index contributed by atoms with van der Waals surface area (Å²) in [5, 5.41) is 12.2. The smallest absolute Gasteiger partial charge is 0.313 e. The highest BCUT2D eigenvalue weighted by atomic mass is 32.2. The molecule has 0 fully saturated rings. The van der Waals surface area contributed by atoms with Gasteiger partial charge in [-0.2, -0.15) is 4.98 Å². The van der Waals surface area contributed by atoms with E-state index in [1.807, 2.05) is 0 Å². The van der Waals surface area contributed by atoms with Gasteiger partial charge in [-0.3, -0.25) is 4.79 Å². The average molecular weight is 268 g/mol. The minimum atomic E-state index is -0.898. The van der Waals surface area contributed by atoms with Crippen LogP contribution in [0, 0.1) is 5.82 Å². The molecule has 0 radical (unpaired) electrons. The van der Waals surface area contributed by atoms with Crippen LogP contribution in [0.3, 0.4) is 0 Å². The van der Waals surface area contributed by atoms with Crippen LogP contribution in [0.25, 0.3) is 11.4 Å². The lowest BCUT2D eigenvalue weighted by molar-refractivity contribution is -0.133. The van der Waals surface area contributed by atoms with Gasteiger partial charge in [-0.1, -0.05) is 17.3 Å². The number of carboxylic acids is 1. The molecule has 0 bridgehead atoms. The molecule has 0 spiro atoms. The van der Waals surface area contributed by atoms with E-state index < -0.39 is 5.97 Å². The van der Waals surface area contributed by atoms with Crippen molar-refractivity contribution in [3.63, 3.8) is 0 Å². The molecule has 0 atom stereocenters. The number of rotatable bonds is 5. The molecule has 18 heavy (non-hydrogen) atoms. The van der Waals surface area contributed by atoms with Crippen molar-refractivity contribution in [3.8, 4) is 11.4 Å². The van der Waals surface area contributed by atoms with Crippen molar-refractivity contribution in [2.45, 2.75) is 5.75 Å². The highest BCUT2D eigenvalue weighted by Crippen LogP contribution is 2.18. The van der Waals surface area contributed by atoms with Gasteiger partial charge < -0.3 is 9.63 Å². The first-order valence-corrected chi connectivity index (χ1v) is 6.18. The number of halogens is 1. The maximum Gasteiger partial charge on any atom is 0.313 e. The van der Waals surface area contributed by atoms with E-state index in [9.17, 15) is 9.18 Å². The Morgan fingerprint density at radius 1 is 1.50 bits per heavy atom. The van der Waals surface area contributed by atoms with Crippen molar-refractivity contribution in [2.24, 2.45) is 0 Å². The summed E-state index contributed by atoms with van der Waals surface area (Å²) >= 11 is 1.16. The van der Waals surface area contributed by atoms with E-state index in [1.54, 1.807) is 12.1 Å². The second kappa shape index (κ2) is 5.63. The molecule has 0 amide bonds. The maximum atomic E-state index is 13.0. The fourth-order valence-electron chi connectivity index (χ4n) is 1.28.